The summed E-state index contributed by atoms with van der Waals surface area (Å²) in [5.41, 5.74) is 2.76. The maximum absolute atomic E-state index is 12.9. The molecule has 110 valence electrons. The van der Waals surface area contributed by atoms with E-state index in [1.807, 2.05) is 31.2 Å². The topological polar surface area (TPSA) is 29.1 Å². The van der Waals surface area contributed by atoms with Crippen LogP contribution in [-0.2, 0) is 10.5 Å². The Bertz CT molecular complexity index is 631. The molecular weight excluding hydrogens is 309 g/mol. The lowest BCUT2D eigenvalue weighted by Gasteiger charge is -2.06. The first-order valence-electron chi connectivity index (χ1n) is 6.43. The summed E-state index contributed by atoms with van der Waals surface area (Å²) in [6, 6.07) is 11.9. The predicted octanol–water partition coefficient (Wildman–Crippen LogP) is 4.66. The van der Waals surface area contributed by atoms with Crippen molar-refractivity contribution in [2.24, 2.45) is 0 Å². The molecule has 0 aliphatic carbocycles. The predicted molar refractivity (Wildman–Crippen MR) is 87.4 cm³/mol. The fraction of sp³-hybridized carbons (Fsp3) is 0.188. The zero-order chi connectivity index (χ0) is 15.2. The third-order valence-corrected chi connectivity index (χ3v) is 4.17. The molecule has 0 atom stereocenters. The Kier molecular flexibility index (Phi) is 5.65. The molecule has 2 aromatic carbocycles. The Morgan fingerprint density at radius 2 is 1.95 bits per heavy atom. The summed E-state index contributed by atoms with van der Waals surface area (Å²) >= 11 is 7.37. The molecule has 2 aromatic rings. The third-order valence-electron chi connectivity index (χ3n) is 2.84. The van der Waals surface area contributed by atoms with Crippen molar-refractivity contribution in [3.8, 4) is 0 Å². The van der Waals surface area contributed by atoms with Crippen LogP contribution in [0.3, 0.4) is 0 Å². The van der Waals surface area contributed by atoms with Gasteiger partial charge in [-0.15, -0.1) is 11.8 Å². The van der Waals surface area contributed by atoms with Gasteiger partial charge >= 0.3 is 0 Å². The highest BCUT2D eigenvalue weighted by Crippen LogP contribution is 2.22. The minimum absolute atomic E-state index is 0.0675. The molecule has 1 amide bonds. The monoisotopic (exact) mass is 323 g/mol. The van der Waals surface area contributed by atoms with E-state index in [1.54, 1.807) is 6.07 Å². The lowest BCUT2D eigenvalue weighted by Crippen LogP contribution is -2.14. The van der Waals surface area contributed by atoms with E-state index in [9.17, 15) is 9.18 Å². The number of amides is 1. The van der Waals surface area contributed by atoms with Crippen molar-refractivity contribution < 1.29 is 9.18 Å². The highest BCUT2D eigenvalue weighted by atomic mass is 35.5. The van der Waals surface area contributed by atoms with Crippen LogP contribution in [0.25, 0.3) is 0 Å². The van der Waals surface area contributed by atoms with Crippen LogP contribution in [0.15, 0.2) is 42.5 Å². The van der Waals surface area contributed by atoms with Gasteiger partial charge in [0.25, 0.3) is 0 Å². The second kappa shape index (κ2) is 7.48. The standard InChI is InChI=1S/C16H15ClFNOS/c1-11-2-6-14(7-3-11)19-16(20)10-21-9-12-4-5-13(18)8-15(12)17/h2-8H,9-10H2,1H3,(H,19,20). The van der Waals surface area contributed by atoms with Crippen molar-refractivity contribution >= 4 is 35.0 Å². The minimum Gasteiger partial charge on any atom is -0.325 e. The van der Waals surface area contributed by atoms with E-state index in [2.05, 4.69) is 5.32 Å². The van der Waals surface area contributed by atoms with Crippen LogP contribution in [0.4, 0.5) is 10.1 Å². The Labute approximate surface area is 132 Å². The average molecular weight is 324 g/mol. The maximum Gasteiger partial charge on any atom is 0.234 e. The molecule has 21 heavy (non-hydrogen) atoms. The Morgan fingerprint density at radius 3 is 2.62 bits per heavy atom. The zero-order valence-corrected chi connectivity index (χ0v) is 13.1. The van der Waals surface area contributed by atoms with E-state index in [1.165, 1.54) is 23.9 Å². The Hall–Kier alpha value is -1.52. The molecule has 0 saturated carbocycles. The van der Waals surface area contributed by atoms with Gasteiger partial charge in [0.2, 0.25) is 5.91 Å². The maximum atomic E-state index is 12.9. The number of halogens is 2. The van der Waals surface area contributed by atoms with Crippen molar-refractivity contribution in [3.05, 3.63) is 64.4 Å². The van der Waals surface area contributed by atoms with Crippen LogP contribution in [0, 0.1) is 12.7 Å². The Balaban J connectivity index is 1.80. The number of hydrogen-bond acceptors (Lipinski definition) is 2. The van der Waals surface area contributed by atoms with Gasteiger partial charge in [-0.2, -0.15) is 0 Å². The quantitative estimate of drug-likeness (QED) is 0.867. The average Bonchev–Trinajstić information content (AvgIpc) is 2.44. The SMILES string of the molecule is Cc1ccc(NC(=O)CSCc2ccc(F)cc2Cl)cc1. The summed E-state index contributed by atoms with van der Waals surface area (Å²) in [5, 5.41) is 3.22. The van der Waals surface area contributed by atoms with Gasteiger partial charge in [-0.05, 0) is 36.8 Å². The summed E-state index contributed by atoms with van der Waals surface area (Å²) in [6.07, 6.45) is 0. The molecule has 0 spiro atoms. The summed E-state index contributed by atoms with van der Waals surface area (Å²) in [5.74, 6) is 0.468. The number of carbonyl (C=O) groups is 1. The van der Waals surface area contributed by atoms with Gasteiger partial charge in [0.05, 0.1) is 5.75 Å². The fourth-order valence-electron chi connectivity index (χ4n) is 1.73. The van der Waals surface area contributed by atoms with Crippen LogP contribution in [0.2, 0.25) is 5.02 Å². The molecule has 0 fully saturated rings. The van der Waals surface area contributed by atoms with Gasteiger partial charge in [0, 0.05) is 16.5 Å². The van der Waals surface area contributed by atoms with E-state index in [4.69, 9.17) is 11.6 Å². The second-order valence-corrected chi connectivity index (χ2v) is 6.04. The van der Waals surface area contributed by atoms with Crippen LogP contribution in [0.5, 0.6) is 0 Å². The third kappa shape index (κ3) is 5.06. The number of nitrogens with one attached hydrogen (secondary N) is 1. The van der Waals surface area contributed by atoms with Gasteiger partial charge < -0.3 is 5.32 Å². The molecule has 0 aliphatic rings. The number of aryl methyl sites for hydroxylation is 1. The highest BCUT2D eigenvalue weighted by Gasteiger charge is 2.06. The first-order valence-corrected chi connectivity index (χ1v) is 7.96. The lowest BCUT2D eigenvalue weighted by molar-refractivity contribution is -0.113. The molecule has 5 heteroatoms. The molecular formula is C16H15ClFNOS. The first kappa shape index (κ1) is 15.9. The molecule has 0 aromatic heterocycles. The smallest absolute Gasteiger partial charge is 0.234 e. The summed E-state index contributed by atoms with van der Waals surface area (Å²) in [7, 11) is 0. The van der Waals surface area contributed by atoms with Gasteiger partial charge in [0.15, 0.2) is 0 Å². The molecule has 0 bridgehead atoms. The van der Waals surface area contributed by atoms with E-state index < -0.39 is 0 Å². The van der Waals surface area contributed by atoms with Crippen molar-refractivity contribution in [2.75, 3.05) is 11.1 Å². The van der Waals surface area contributed by atoms with Gasteiger partial charge in [-0.1, -0.05) is 35.4 Å². The number of benzene rings is 2. The number of thioether (sulfide) groups is 1. The van der Waals surface area contributed by atoms with E-state index in [0.717, 1.165) is 16.8 Å². The second-order valence-electron chi connectivity index (χ2n) is 4.64. The molecule has 1 N–H and O–H groups in total. The zero-order valence-electron chi connectivity index (χ0n) is 11.5. The molecule has 0 saturated heterocycles. The molecule has 0 heterocycles. The molecule has 2 nitrogen and oxygen atoms in total. The van der Waals surface area contributed by atoms with E-state index in [-0.39, 0.29) is 11.7 Å². The Morgan fingerprint density at radius 1 is 1.24 bits per heavy atom. The molecule has 0 aliphatic heterocycles. The van der Waals surface area contributed by atoms with Crippen LogP contribution < -0.4 is 5.32 Å². The first-order chi connectivity index (χ1) is 10.0. The van der Waals surface area contributed by atoms with Crippen LogP contribution >= 0.6 is 23.4 Å². The summed E-state index contributed by atoms with van der Waals surface area (Å²) in [4.78, 5) is 11.8. The minimum atomic E-state index is -0.356. The van der Waals surface area contributed by atoms with E-state index >= 15 is 0 Å². The van der Waals surface area contributed by atoms with Gasteiger partial charge in [-0.3, -0.25) is 4.79 Å². The molecule has 2 rings (SSSR count). The van der Waals surface area contributed by atoms with Crippen molar-refractivity contribution in [1.82, 2.24) is 0 Å². The molecule has 0 unspecified atom stereocenters. The van der Waals surface area contributed by atoms with Crippen LogP contribution in [0.1, 0.15) is 11.1 Å². The van der Waals surface area contributed by atoms with Gasteiger partial charge in [0.1, 0.15) is 5.82 Å². The lowest BCUT2D eigenvalue weighted by atomic mass is 10.2. The number of anilines is 1. The van der Waals surface area contributed by atoms with Crippen LogP contribution in [-0.4, -0.2) is 11.7 Å². The van der Waals surface area contributed by atoms with Crippen molar-refractivity contribution in [2.45, 2.75) is 12.7 Å². The van der Waals surface area contributed by atoms with Crippen molar-refractivity contribution in [3.63, 3.8) is 0 Å². The number of carbonyl (C=O) groups excluding carboxylic acids is 1. The normalized spacial score (nSPS) is 10.4. The van der Waals surface area contributed by atoms with Crippen molar-refractivity contribution in [1.29, 1.82) is 0 Å². The number of hydrogen-bond donors (Lipinski definition) is 1. The fourth-order valence-corrected chi connectivity index (χ4v) is 2.87. The largest absolute Gasteiger partial charge is 0.325 e. The van der Waals surface area contributed by atoms with E-state index in [0.29, 0.717) is 16.5 Å². The highest BCUT2D eigenvalue weighted by molar-refractivity contribution is 7.99. The van der Waals surface area contributed by atoms with Gasteiger partial charge in [-0.25, -0.2) is 4.39 Å². The number of rotatable bonds is 5. The summed E-state index contributed by atoms with van der Waals surface area (Å²) < 4.78 is 12.9. The molecule has 0 radical (unpaired) electrons. The summed E-state index contributed by atoms with van der Waals surface area (Å²) in [6.45, 7) is 1.99.